The van der Waals surface area contributed by atoms with Crippen molar-refractivity contribution < 1.29 is 9.53 Å². The summed E-state index contributed by atoms with van der Waals surface area (Å²) in [4.78, 5) is 12.1. The molecule has 3 heteroatoms. The third-order valence-corrected chi connectivity index (χ3v) is 4.32. The van der Waals surface area contributed by atoms with Crippen LogP contribution in [0.3, 0.4) is 0 Å². The fraction of sp³-hybridized carbons (Fsp3) is 0.786. The molecule has 0 aromatic carbocycles. The Bertz CT molecular complexity index is 337. The average molecular weight is 235 g/mol. The minimum atomic E-state index is 0.123. The van der Waals surface area contributed by atoms with Crippen LogP contribution < -0.4 is 5.32 Å². The second-order valence-electron chi connectivity index (χ2n) is 5.54. The van der Waals surface area contributed by atoms with Gasteiger partial charge >= 0.3 is 0 Å². The van der Waals surface area contributed by atoms with Gasteiger partial charge < -0.3 is 10.1 Å². The zero-order chi connectivity index (χ0) is 11.7. The summed E-state index contributed by atoms with van der Waals surface area (Å²) in [7, 11) is 0. The molecule has 2 saturated heterocycles. The van der Waals surface area contributed by atoms with Gasteiger partial charge in [0, 0.05) is 6.54 Å². The first-order valence-electron chi connectivity index (χ1n) is 6.94. The van der Waals surface area contributed by atoms with Gasteiger partial charge in [0.05, 0.1) is 18.1 Å². The van der Waals surface area contributed by atoms with Gasteiger partial charge in [-0.15, -0.1) is 0 Å². The quantitative estimate of drug-likeness (QED) is 0.761. The van der Waals surface area contributed by atoms with E-state index in [1.54, 1.807) is 0 Å². The van der Waals surface area contributed by atoms with Crippen molar-refractivity contribution in [1.82, 2.24) is 5.32 Å². The first-order valence-corrected chi connectivity index (χ1v) is 6.94. The number of hydrogen-bond acceptors (Lipinski definition) is 2. The molecule has 1 aliphatic carbocycles. The summed E-state index contributed by atoms with van der Waals surface area (Å²) >= 11 is 0. The van der Waals surface area contributed by atoms with Gasteiger partial charge in [0.2, 0.25) is 5.91 Å². The van der Waals surface area contributed by atoms with Crippen molar-refractivity contribution in [3.63, 3.8) is 0 Å². The van der Waals surface area contributed by atoms with Crippen LogP contribution in [0.25, 0.3) is 0 Å². The van der Waals surface area contributed by atoms with Gasteiger partial charge in [-0.3, -0.25) is 4.79 Å². The Labute approximate surface area is 103 Å². The summed E-state index contributed by atoms with van der Waals surface area (Å²) in [6, 6.07) is 0. The van der Waals surface area contributed by atoms with Crippen molar-refractivity contribution in [2.75, 3.05) is 6.54 Å². The number of rotatable bonds is 3. The van der Waals surface area contributed by atoms with E-state index >= 15 is 0 Å². The van der Waals surface area contributed by atoms with Gasteiger partial charge in [0.25, 0.3) is 0 Å². The van der Waals surface area contributed by atoms with Crippen molar-refractivity contribution in [3.05, 3.63) is 11.6 Å². The maximum absolute atomic E-state index is 12.1. The molecule has 0 aromatic heterocycles. The van der Waals surface area contributed by atoms with E-state index in [2.05, 4.69) is 11.4 Å². The molecule has 3 nitrogen and oxygen atoms in total. The molecule has 0 radical (unpaired) electrons. The summed E-state index contributed by atoms with van der Waals surface area (Å²) in [6.45, 7) is 0.757. The molecule has 0 aromatic rings. The van der Waals surface area contributed by atoms with Crippen LogP contribution in [0.2, 0.25) is 0 Å². The van der Waals surface area contributed by atoms with E-state index in [0.29, 0.717) is 6.10 Å². The highest BCUT2D eigenvalue weighted by Crippen LogP contribution is 2.38. The lowest BCUT2D eigenvalue weighted by Gasteiger charge is -2.19. The molecule has 3 atom stereocenters. The van der Waals surface area contributed by atoms with Crippen molar-refractivity contribution in [2.24, 2.45) is 5.92 Å². The van der Waals surface area contributed by atoms with Crippen molar-refractivity contribution in [1.29, 1.82) is 0 Å². The zero-order valence-corrected chi connectivity index (χ0v) is 10.3. The number of carbonyl (C=O) groups excluding carboxylic acids is 1. The summed E-state index contributed by atoms with van der Waals surface area (Å²) < 4.78 is 5.72. The number of carbonyl (C=O) groups is 1. The smallest absolute Gasteiger partial charge is 0.226 e. The van der Waals surface area contributed by atoms with Crippen LogP contribution >= 0.6 is 0 Å². The van der Waals surface area contributed by atoms with Crippen LogP contribution in [0.4, 0.5) is 0 Å². The van der Waals surface area contributed by atoms with Gasteiger partial charge in [-0.1, -0.05) is 11.6 Å². The minimum absolute atomic E-state index is 0.123. The predicted molar refractivity (Wildman–Crippen MR) is 65.6 cm³/mol. The summed E-state index contributed by atoms with van der Waals surface area (Å²) in [5, 5.41) is 3.09. The van der Waals surface area contributed by atoms with Crippen LogP contribution in [0.5, 0.6) is 0 Å². The molecule has 3 aliphatic rings. The Morgan fingerprint density at radius 2 is 2.35 bits per heavy atom. The molecule has 94 valence electrons. The van der Waals surface area contributed by atoms with E-state index in [4.69, 9.17) is 4.74 Å². The minimum Gasteiger partial charge on any atom is -0.374 e. The van der Waals surface area contributed by atoms with Crippen molar-refractivity contribution >= 4 is 5.91 Å². The molecule has 1 N–H and O–H groups in total. The first-order chi connectivity index (χ1) is 8.33. The standard InChI is InChI=1S/C14H21NO2/c16-14(12-8-11-6-7-13(12)17-11)15-9-10-4-2-1-3-5-10/h4,11-13H,1-3,5-9H2,(H,15,16)/t11-,12-,13+/m0/s1. The number of hydrogen-bond donors (Lipinski definition) is 1. The van der Waals surface area contributed by atoms with E-state index in [1.807, 2.05) is 0 Å². The van der Waals surface area contributed by atoms with Crippen molar-refractivity contribution in [2.45, 2.75) is 57.2 Å². The number of fused-ring (bicyclic) bond motifs is 2. The van der Waals surface area contributed by atoms with Crippen LogP contribution in [0.1, 0.15) is 44.9 Å². The van der Waals surface area contributed by atoms with E-state index in [9.17, 15) is 4.79 Å². The molecule has 2 aliphatic heterocycles. The number of allylic oxidation sites excluding steroid dienone is 1. The zero-order valence-electron chi connectivity index (χ0n) is 10.3. The third-order valence-electron chi connectivity index (χ3n) is 4.32. The summed E-state index contributed by atoms with van der Waals surface area (Å²) in [5.74, 6) is 0.335. The molecular weight excluding hydrogens is 214 g/mol. The topological polar surface area (TPSA) is 38.3 Å². The molecular formula is C14H21NO2. The molecule has 0 spiro atoms. The van der Waals surface area contributed by atoms with E-state index in [1.165, 1.54) is 24.8 Å². The normalized spacial score (nSPS) is 35.8. The van der Waals surface area contributed by atoms with E-state index < -0.39 is 0 Å². The molecule has 1 amide bonds. The highest BCUT2D eigenvalue weighted by atomic mass is 16.5. The molecule has 2 heterocycles. The Morgan fingerprint density at radius 3 is 3.00 bits per heavy atom. The van der Waals surface area contributed by atoms with Crippen LogP contribution in [0.15, 0.2) is 11.6 Å². The average Bonchev–Trinajstić information content (AvgIpc) is 2.99. The molecule has 0 unspecified atom stereocenters. The lowest BCUT2D eigenvalue weighted by Crippen LogP contribution is -2.37. The molecule has 2 fully saturated rings. The highest BCUT2D eigenvalue weighted by molar-refractivity contribution is 5.80. The fourth-order valence-corrected chi connectivity index (χ4v) is 3.31. The second kappa shape index (κ2) is 4.81. The van der Waals surface area contributed by atoms with Crippen LogP contribution in [0, 0.1) is 5.92 Å². The molecule has 3 rings (SSSR count). The maximum Gasteiger partial charge on any atom is 0.226 e. The molecule has 17 heavy (non-hydrogen) atoms. The highest BCUT2D eigenvalue weighted by Gasteiger charge is 2.44. The van der Waals surface area contributed by atoms with Gasteiger partial charge in [-0.05, 0) is 44.9 Å². The van der Waals surface area contributed by atoms with Gasteiger partial charge in [-0.25, -0.2) is 0 Å². The summed E-state index contributed by atoms with van der Waals surface area (Å²) in [6.07, 6.45) is 11.0. The Morgan fingerprint density at radius 1 is 1.41 bits per heavy atom. The lowest BCUT2D eigenvalue weighted by molar-refractivity contribution is -0.126. The Hall–Kier alpha value is -0.830. The van der Waals surface area contributed by atoms with Gasteiger partial charge in [-0.2, -0.15) is 0 Å². The third kappa shape index (κ3) is 2.39. The first kappa shape index (κ1) is 11.3. The lowest BCUT2D eigenvalue weighted by atomic mass is 9.88. The predicted octanol–water partition coefficient (Wildman–Crippen LogP) is 2.17. The number of nitrogens with one attached hydrogen (secondary N) is 1. The van der Waals surface area contributed by atoms with Gasteiger partial charge in [0.15, 0.2) is 0 Å². The maximum atomic E-state index is 12.1. The molecule has 0 saturated carbocycles. The monoisotopic (exact) mass is 235 g/mol. The van der Waals surface area contributed by atoms with Crippen LogP contribution in [-0.4, -0.2) is 24.7 Å². The van der Waals surface area contributed by atoms with Crippen LogP contribution in [-0.2, 0) is 9.53 Å². The molecule has 2 bridgehead atoms. The van der Waals surface area contributed by atoms with E-state index in [-0.39, 0.29) is 17.9 Å². The number of ether oxygens (including phenoxy) is 1. The summed E-state index contributed by atoms with van der Waals surface area (Å²) in [5.41, 5.74) is 1.41. The Kier molecular flexibility index (Phi) is 3.19. The number of amides is 1. The van der Waals surface area contributed by atoms with Gasteiger partial charge in [0.1, 0.15) is 0 Å². The second-order valence-corrected chi connectivity index (χ2v) is 5.54. The SMILES string of the molecule is O=C(NCC1=CCCCC1)[C@H]1C[C@@H]2CC[C@H]1O2. The Balaban J connectivity index is 1.49. The largest absolute Gasteiger partial charge is 0.374 e. The van der Waals surface area contributed by atoms with Crippen molar-refractivity contribution in [3.8, 4) is 0 Å². The van der Waals surface area contributed by atoms with E-state index in [0.717, 1.165) is 32.2 Å². The fourth-order valence-electron chi connectivity index (χ4n) is 3.31.